The average Bonchev–Trinajstić information content (AvgIpc) is 3.68. The minimum absolute atomic E-state index is 0. The second-order valence-electron chi connectivity index (χ2n) is 13.4. The van der Waals surface area contributed by atoms with Crippen molar-refractivity contribution >= 4 is 42.3 Å². The lowest BCUT2D eigenvalue weighted by Gasteiger charge is -2.51. The number of piperidine rings is 1. The number of ether oxygens (including phenoxy) is 1. The summed E-state index contributed by atoms with van der Waals surface area (Å²) in [5.74, 6) is -1.57. The molecule has 50 heavy (non-hydrogen) atoms. The molecule has 3 fully saturated rings. The number of nitrogens with zero attached hydrogens (tertiary/aromatic N) is 3. The number of halogens is 2. The van der Waals surface area contributed by atoms with E-state index < -0.39 is 42.4 Å². The zero-order valence-electron chi connectivity index (χ0n) is 28.0. The lowest BCUT2D eigenvalue weighted by atomic mass is 9.74. The first-order valence-electron chi connectivity index (χ1n) is 17.4. The van der Waals surface area contributed by atoms with E-state index in [2.05, 4.69) is 51.5 Å². The summed E-state index contributed by atoms with van der Waals surface area (Å²) < 4.78 is 28.5. The Bertz CT molecular complexity index is 1570. The van der Waals surface area contributed by atoms with Crippen LogP contribution in [-0.2, 0) is 29.0 Å². The van der Waals surface area contributed by atoms with Gasteiger partial charge in [0.15, 0.2) is 0 Å². The minimum Gasteiger partial charge on any atom is -0.369 e. The molecule has 2 amide bonds. The first kappa shape index (κ1) is 36.9. The first-order valence-corrected chi connectivity index (χ1v) is 19.9. The van der Waals surface area contributed by atoms with E-state index in [1.54, 1.807) is 10.7 Å². The van der Waals surface area contributed by atoms with Gasteiger partial charge in [0.05, 0.1) is 30.3 Å². The molecule has 9 nitrogen and oxygen atoms in total. The molecule has 4 heterocycles. The van der Waals surface area contributed by atoms with Crippen molar-refractivity contribution in [3.8, 4) is 0 Å². The molecular weight excluding hydrogens is 694 g/mol. The van der Waals surface area contributed by atoms with Crippen molar-refractivity contribution in [3.63, 3.8) is 0 Å². The fourth-order valence-electron chi connectivity index (χ4n) is 8.16. The Balaban J connectivity index is 0.00000432. The normalized spacial score (nSPS) is 25.5. The van der Waals surface area contributed by atoms with Crippen LogP contribution in [-0.4, -0.2) is 90.4 Å². The molecule has 0 spiro atoms. The predicted molar refractivity (Wildman–Crippen MR) is 197 cm³/mol. The van der Waals surface area contributed by atoms with Crippen LogP contribution in [0.4, 0.5) is 0 Å². The van der Waals surface area contributed by atoms with Gasteiger partial charge in [-0.2, -0.15) is 0 Å². The maximum Gasteiger partial charge on any atom is 0.363 e. The number of likely N-dealkylation sites (tertiary alicyclic amines) is 1. The summed E-state index contributed by atoms with van der Waals surface area (Å²) in [5, 5.41) is 2.44. The third kappa shape index (κ3) is 7.67. The van der Waals surface area contributed by atoms with Gasteiger partial charge in [-0.25, -0.2) is 4.67 Å². The van der Waals surface area contributed by atoms with Gasteiger partial charge in [0, 0.05) is 38.3 Å². The van der Waals surface area contributed by atoms with Crippen LogP contribution < -0.4 is 5.32 Å². The fourth-order valence-corrected chi connectivity index (χ4v) is 10.0. The Morgan fingerprint density at radius 1 is 0.820 bits per heavy atom. The van der Waals surface area contributed by atoms with E-state index in [-0.39, 0.29) is 19.0 Å². The molecule has 4 atom stereocenters. The number of carbonyl (C=O) groups is 2. The maximum atomic E-state index is 13.9. The second-order valence-corrected chi connectivity index (χ2v) is 16.4. The van der Waals surface area contributed by atoms with E-state index in [4.69, 9.17) is 20.5 Å². The molecule has 2 unspecified atom stereocenters. The Kier molecular flexibility index (Phi) is 12.0. The lowest BCUT2D eigenvalue weighted by Crippen LogP contribution is -2.61. The molecule has 3 saturated heterocycles. The van der Waals surface area contributed by atoms with Crippen molar-refractivity contribution in [1.82, 2.24) is 19.8 Å². The van der Waals surface area contributed by atoms with E-state index >= 15 is 0 Å². The number of rotatable bonds is 10. The van der Waals surface area contributed by atoms with E-state index in [1.165, 1.54) is 18.9 Å². The Morgan fingerprint density at radius 3 is 1.88 bits per heavy atom. The number of nitrogens with one attached hydrogen (secondary N) is 1. The molecule has 266 valence electrons. The van der Waals surface area contributed by atoms with E-state index in [0.29, 0.717) is 32.2 Å². The zero-order chi connectivity index (χ0) is 33.8. The van der Waals surface area contributed by atoms with Gasteiger partial charge in [-0.15, -0.1) is 12.4 Å². The van der Waals surface area contributed by atoms with Crippen molar-refractivity contribution in [2.75, 3.05) is 45.9 Å². The molecule has 1 N–H and O–H groups in total. The van der Waals surface area contributed by atoms with Crippen LogP contribution in [0.15, 0.2) is 103 Å². The molecule has 12 heteroatoms. The standard InChI is InChI=1S/C38H44ClN4O5P.ClH/c39-49(46,43-24-20-32(21-25-43)41-22-10-11-23-41)47-28-33-26-42(27-35(48-33)34-18-19-36(44)40-37(34)45)38(29-12-4-1-5-13-29,30-14-6-2-7-15-30)31-16-8-3-9-17-31;/h1-9,12-19,32-35H,10-11,20-28H2,(H,40,44,45);1H/t33-,34?,35+,49?;/m0./s1. The molecule has 7 rings (SSSR count). The second kappa shape index (κ2) is 16.2. The van der Waals surface area contributed by atoms with Crippen molar-refractivity contribution in [2.45, 2.75) is 49.5 Å². The topological polar surface area (TPSA) is 91.4 Å². The van der Waals surface area contributed by atoms with Gasteiger partial charge in [-0.05, 0) is 66.7 Å². The summed E-state index contributed by atoms with van der Waals surface area (Å²) in [4.78, 5) is 30.2. The number of benzene rings is 3. The van der Waals surface area contributed by atoms with E-state index in [0.717, 1.165) is 42.6 Å². The molecule has 0 saturated carbocycles. The predicted octanol–water partition coefficient (Wildman–Crippen LogP) is 6.22. The number of amides is 2. The third-order valence-electron chi connectivity index (χ3n) is 10.5. The van der Waals surface area contributed by atoms with Gasteiger partial charge in [-0.1, -0.05) is 97.1 Å². The molecule has 4 aliphatic rings. The van der Waals surface area contributed by atoms with Crippen molar-refractivity contribution in [3.05, 3.63) is 120 Å². The van der Waals surface area contributed by atoms with Gasteiger partial charge in [0.1, 0.15) is 0 Å². The lowest BCUT2D eigenvalue weighted by molar-refractivity contribution is -0.150. The smallest absolute Gasteiger partial charge is 0.363 e. The number of hydrogen-bond donors (Lipinski definition) is 1. The van der Waals surface area contributed by atoms with Crippen molar-refractivity contribution in [1.29, 1.82) is 0 Å². The monoisotopic (exact) mass is 738 g/mol. The summed E-state index contributed by atoms with van der Waals surface area (Å²) in [6.45, 7) is 0.596. The van der Waals surface area contributed by atoms with Crippen LogP contribution in [0.25, 0.3) is 0 Å². The minimum atomic E-state index is -3.65. The number of carbonyl (C=O) groups excluding carboxylic acids is 2. The molecule has 0 aliphatic carbocycles. The molecule has 0 radical (unpaired) electrons. The molecule has 0 bridgehead atoms. The first-order chi connectivity index (χ1) is 23.8. The number of hydrogen-bond acceptors (Lipinski definition) is 7. The van der Waals surface area contributed by atoms with Gasteiger partial charge in [0.2, 0.25) is 11.8 Å². The van der Waals surface area contributed by atoms with Crippen LogP contribution in [0.5, 0.6) is 0 Å². The maximum absolute atomic E-state index is 13.9. The van der Waals surface area contributed by atoms with Crippen LogP contribution in [0.3, 0.4) is 0 Å². The molecular formula is C38H45Cl2N4O5P. The highest BCUT2D eigenvalue weighted by molar-refractivity contribution is 7.83. The molecule has 4 aliphatic heterocycles. The van der Waals surface area contributed by atoms with Crippen molar-refractivity contribution in [2.24, 2.45) is 5.92 Å². The van der Waals surface area contributed by atoms with E-state index in [1.807, 2.05) is 54.6 Å². The molecule has 3 aromatic rings. The molecule has 3 aromatic carbocycles. The van der Waals surface area contributed by atoms with Crippen LogP contribution in [0, 0.1) is 5.92 Å². The Labute approximate surface area is 305 Å². The summed E-state index contributed by atoms with van der Waals surface area (Å²) in [7, 11) is 0. The SMILES string of the molecule is Cl.O=C1C=CC([C@H]2CN(C(c3ccccc3)(c3ccccc3)c3ccccc3)C[C@@H](COP(=O)(Cl)N3CCC(N4CCCC4)CC3)O2)C(=O)N1. The third-order valence-corrected chi connectivity index (χ3v) is 13.0. The van der Waals surface area contributed by atoms with Crippen LogP contribution >= 0.6 is 30.5 Å². The average molecular weight is 740 g/mol. The zero-order valence-corrected chi connectivity index (χ0v) is 30.5. The summed E-state index contributed by atoms with van der Waals surface area (Å²) in [5.41, 5.74) is 2.37. The largest absolute Gasteiger partial charge is 0.369 e. The van der Waals surface area contributed by atoms with Gasteiger partial charge in [0.25, 0.3) is 0 Å². The Morgan fingerprint density at radius 2 is 1.36 bits per heavy atom. The highest BCUT2D eigenvalue weighted by atomic mass is 35.7. The van der Waals surface area contributed by atoms with E-state index in [9.17, 15) is 14.2 Å². The van der Waals surface area contributed by atoms with Gasteiger partial charge >= 0.3 is 6.87 Å². The number of morpholine rings is 1. The van der Waals surface area contributed by atoms with Gasteiger partial charge in [-0.3, -0.25) is 24.4 Å². The van der Waals surface area contributed by atoms with Gasteiger partial charge < -0.3 is 14.2 Å². The highest BCUT2D eigenvalue weighted by Crippen LogP contribution is 2.57. The number of imide groups is 1. The van der Waals surface area contributed by atoms with Crippen molar-refractivity contribution < 1.29 is 23.4 Å². The van der Waals surface area contributed by atoms with Crippen LogP contribution in [0.1, 0.15) is 42.4 Å². The molecule has 0 aromatic heterocycles. The quantitative estimate of drug-likeness (QED) is 0.149. The summed E-state index contributed by atoms with van der Waals surface area (Å²) >= 11 is 6.74. The summed E-state index contributed by atoms with van der Waals surface area (Å²) in [6, 6.07) is 31.5. The summed E-state index contributed by atoms with van der Waals surface area (Å²) in [6.07, 6.45) is 6.10. The highest BCUT2D eigenvalue weighted by Gasteiger charge is 2.48. The fraction of sp³-hybridized carbons (Fsp3) is 0.421. The van der Waals surface area contributed by atoms with Crippen LogP contribution in [0.2, 0.25) is 0 Å². The Hall–Kier alpha value is -2.85.